The number of nitrogens with one attached hydrogen (secondary N) is 1. The number of hydrogen-bond acceptors (Lipinski definition) is 4. The van der Waals surface area contributed by atoms with Crippen LogP contribution in [0.2, 0.25) is 5.15 Å². The summed E-state index contributed by atoms with van der Waals surface area (Å²) in [6, 6.07) is -0.700. The van der Waals surface area contributed by atoms with E-state index in [0.717, 1.165) is 0 Å². The molecule has 88 valence electrons. The van der Waals surface area contributed by atoms with Crippen molar-refractivity contribution in [3.05, 3.63) is 17.5 Å². The first-order valence-corrected chi connectivity index (χ1v) is 5.34. The van der Waals surface area contributed by atoms with Crippen molar-refractivity contribution in [3.8, 4) is 0 Å². The molecule has 1 aromatic heterocycles. The molecule has 16 heavy (non-hydrogen) atoms. The molecule has 0 saturated carbocycles. The third-order valence-electron chi connectivity index (χ3n) is 1.97. The van der Waals surface area contributed by atoms with Crippen LogP contribution in [-0.2, 0) is 4.79 Å². The van der Waals surface area contributed by atoms with Gasteiger partial charge in [-0.3, -0.25) is 0 Å². The van der Waals surface area contributed by atoms with Gasteiger partial charge in [-0.05, 0) is 12.3 Å². The minimum Gasteiger partial charge on any atom is -0.480 e. The van der Waals surface area contributed by atoms with E-state index in [2.05, 4.69) is 15.3 Å². The van der Waals surface area contributed by atoms with Crippen LogP contribution in [0.25, 0.3) is 0 Å². The number of carbonyl (C=O) groups is 1. The van der Waals surface area contributed by atoms with Crippen molar-refractivity contribution in [2.75, 3.05) is 5.32 Å². The largest absolute Gasteiger partial charge is 0.480 e. The lowest BCUT2D eigenvalue weighted by molar-refractivity contribution is -0.138. The van der Waals surface area contributed by atoms with E-state index in [0.29, 0.717) is 12.2 Å². The number of hydrogen-bond donors (Lipinski definition) is 2. The van der Waals surface area contributed by atoms with Crippen LogP contribution in [0.15, 0.2) is 12.4 Å². The molecule has 1 rings (SSSR count). The van der Waals surface area contributed by atoms with Gasteiger partial charge in [0.1, 0.15) is 6.04 Å². The SMILES string of the molecule is CC(C)CC(Nc1nccnc1Cl)C(=O)O. The highest BCUT2D eigenvalue weighted by atomic mass is 35.5. The molecule has 0 radical (unpaired) electrons. The average molecular weight is 244 g/mol. The fraction of sp³-hybridized carbons (Fsp3) is 0.500. The predicted molar refractivity (Wildman–Crippen MR) is 61.5 cm³/mol. The van der Waals surface area contributed by atoms with Crippen LogP contribution in [0.1, 0.15) is 20.3 Å². The summed E-state index contributed by atoms with van der Waals surface area (Å²) in [7, 11) is 0. The van der Waals surface area contributed by atoms with Crippen molar-refractivity contribution < 1.29 is 9.90 Å². The topological polar surface area (TPSA) is 75.1 Å². The number of anilines is 1. The molecule has 5 nitrogen and oxygen atoms in total. The number of nitrogens with zero attached hydrogens (tertiary/aromatic N) is 2. The summed E-state index contributed by atoms with van der Waals surface area (Å²) < 4.78 is 0. The fourth-order valence-corrected chi connectivity index (χ4v) is 1.44. The van der Waals surface area contributed by atoms with Crippen molar-refractivity contribution in [1.29, 1.82) is 0 Å². The fourth-order valence-electron chi connectivity index (χ4n) is 1.28. The monoisotopic (exact) mass is 243 g/mol. The van der Waals surface area contributed by atoms with Gasteiger partial charge in [-0.2, -0.15) is 0 Å². The lowest BCUT2D eigenvalue weighted by atomic mass is 10.0. The maximum absolute atomic E-state index is 11.0. The summed E-state index contributed by atoms with van der Waals surface area (Å²) in [5.41, 5.74) is 0. The number of aromatic nitrogens is 2. The highest BCUT2D eigenvalue weighted by Gasteiger charge is 2.20. The van der Waals surface area contributed by atoms with Gasteiger partial charge in [0.15, 0.2) is 11.0 Å². The third kappa shape index (κ3) is 3.66. The van der Waals surface area contributed by atoms with E-state index in [1.165, 1.54) is 12.4 Å². The second-order valence-electron chi connectivity index (χ2n) is 3.86. The zero-order valence-corrected chi connectivity index (χ0v) is 9.90. The molecular formula is C10H14ClN3O2. The van der Waals surface area contributed by atoms with Gasteiger partial charge in [0.05, 0.1) is 0 Å². The summed E-state index contributed by atoms with van der Waals surface area (Å²) in [6.07, 6.45) is 3.41. The highest BCUT2D eigenvalue weighted by Crippen LogP contribution is 2.17. The second-order valence-corrected chi connectivity index (χ2v) is 4.22. The average Bonchev–Trinajstić information content (AvgIpc) is 2.19. The Bertz CT molecular complexity index is 371. The zero-order chi connectivity index (χ0) is 12.1. The maximum atomic E-state index is 11.0. The molecule has 1 unspecified atom stereocenters. The molecule has 1 aromatic rings. The maximum Gasteiger partial charge on any atom is 0.326 e. The number of carboxylic acid groups (broad SMARTS) is 1. The van der Waals surface area contributed by atoms with Crippen molar-refractivity contribution in [1.82, 2.24) is 9.97 Å². The normalized spacial score (nSPS) is 12.5. The van der Waals surface area contributed by atoms with E-state index in [1.807, 2.05) is 13.8 Å². The first kappa shape index (κ1) is 12.7. The minimum atomic E-state index is -0.921. The lowest BCUT2D eigenvalue weighted by Gasteiger charge is -2.17. The molecular weight excluding hydrogens is 230 g/mol. The standard InChI is InChI=1S/C10H14ClN3O2/c1-6(2)5-7(10(15)16)14-9-8(11)12-3-4-13-9/h3-4,6-7H,5H2,1-2H3,(H,13,14)(H,15,16). The summed E-state index contributed by atoms with van der Waals surface area (Å²) >= 11 is 5.78. The van der Waals surface area contributed by atoms with Gasteiger partial charge in [0.2, 0.25) is 0 Å². The Morgan fingerprint density at radius 1 is 1.50 bits per heavy atom. The van der Waals surface area contributed by atoms with Crippen LogP contribution in [-0.4, -0.2) is 27.1 Å². The molecule has 0 aliphatic heterocycles. The second kappa shape index (κ2) is 5.65. The van der Waals surface area contributed by atoms with Gasteiger partial charge in [-0.25, -0.2) is 14.8 Å². The van der Waals surface area contributed by atoms with Crippen LogP contribution in [0.4, 0.5) is 5.82 Å². The molecule has 1 heterocycles. The van der Waals surface area contributed by atoms with Crippen LogP contribution in [0.5, 0.6) is 0 Å². The Hall–Kier alpha value is -1.36. The van der Waals surface area contributed by atoms with Gasteiger partial charge >= 0.3 is 5.97 Å². The minimum absolute atomic E-state index is 0.178. The van der Waals surface area contributed by atoms with E-state index in [1.54, 1.807) is 0 Å². The molecule has 0 aromatic carbocycles. The van der Waals surface area contributed by atoms with Gasteiger partial charge in [-0.1, -0.05) is 25.4 Å². The highest BCUT2D eigenvalue weighted by molar-refractivity contribution is 6.31. The van der Waals surface area contributed by atoms with Crippen molar-refractivity contribution in [2.45, 2.75) is 26.3 Å². The first-order valence-electron chi connectivity index (χ1n) is 4.96. The summed E-state index contributed by atoms with van der Waals surface area (Å²) in [6.45, 7) is 3.91. The molecule has 0 aliphatic carbocycles. The molecule has 0 saturated heterocycles. The van der Waals surface area contributed by atoms with Crippen LogP contribution in [0, 0.1) is 5.92 Å². The molecule has 0 amide bonds. The van der Waals surface area contributed by atoms with Gasteiger partial charge < -0.3 is 10.4 Å². The number of aliphatic carboxylic acids is 1. The Morgan fingerprint density at radius 3 is 2.62 bits per heavy atom. The molecule has 0 bridgehead atoms. The van der Waals surface area contributed by atoms with Crippen LogP contribution < -0.4 is 5.32 Å². The quantitative estimate of drug-likeness (QED) is 0.828. The van der Waals surface area contributed by atoms with Gasteiger partial charge in [-0.15, -0.1) is 0 Å². The Balaban J connectivity index is 2.76. The van der Waals surface area contributed by atoms with Crippen molar-refractivity contribution >= 4 is 23.4 Å². The zero-order valence-electron chi connectivity index (χ0n) is 9.14. The molecule has 1 atom stereocenters. The summed E-state index contributed by atoms with van der Waals surface area (Å²) in [4.78, 5) is 18.8. The van der Waals surface area contributed by atoms with Crippen LogP contribution in [0.3, 0.4) is 0 Å². The number of carboxylic acids is 1. The van der Waals surface area contributed by atoms with Gasteiger partial charge in [0, 0.05) is 12.4 Å². The predicted octanol–water partition coefficient (Wildman–Crippen LogP) is 2.04. The van der Waals surface area contributed by atoms with Crippen molar-refractivity contribution in [3.63, 3.8) is 0 Å². The first-order chi connectivity index (χ1) is 7.50. The summed E-state index contributed by atoms with van der Waals surface area (Å²) in [5, 5.41) is 12.0. The summed E-state index contributed by atoms with van der Waals surface area (Å²) in [5.74, 6) is -0.350. The lowest BCUT2D eigenvalue weighted by Crippen LogP contribution is -2.31. The van der Waals surface area contributed by atoms with E-state index in [4.69, 9.17) is 16.7 Å². The number of halogens is 1. The van der Waals surface area contributed by atoms with E-state index >= 15 is 0 Å². The molecule has 6 heteroatoms. The van der Waals surface area contributed by atoms with Gasteiger partial charge in [0.25, 0.3) is 0 Å². The van der Waals surface area contributed by atoms with E-state index in [9.17, 15) is 4.79 Å². The van der Waals surface area contributed by atoms with Crippen LogP contribution >= 0.6 is 11.6 Å². The molecule has 2 N–H and O–H groups in total. The van der Waals surface area contributed by atoms with E-state index in [-0.39, 0.29) is 11.1 Å². The Morgan fingerprint density at radius 2 is 2.12 bits per heavy atom. The third-order valence-corrected chi connectivity index (χ3v) is 2.25. The number of rotatable bonds is 5. The Labute approximate surface area is 98.9 Å². The smallest absolute Gasteiger partial charge is 0.326 e. The van der Waals surface area contributed by atoms with Crippen molar-refractivity contribution in [2.24, 2.45) is 5.92 Å². The molecule has 0 spiro atoms. The molecule has 0 fully saturated rings. The molecule has 0 aliphatic rings. The Kier molecular flexibility index (Phi) is 4.49. The van der Waals surface area contributed by atoms with E-state index < -0.39 is 12.0 Å².